The second-order valence-corrected chi connectivity index (χ2v) is 13.6. The number of benzene rings is 7. The van der Waals surface area contributed by atoms with Gasteiger partial charge in [-0.1, -0.05) is 140 Å². The lowest BCUT2D eigenvalue weighted by molar-refractivity contribution is 0.667. The van der Waals surface area contributed by atoms with Crippen LogP contribution in [0.2, 0.25) is 0 Å². The van der Waals surface area contributed by atoms with E-state index in [1.807, 2.05) is 17.4 Å². The molecule has 10 aromatic rings. The Morgan fingerprint density at radius 3 is 1.94 bits per heavy atom. The maximum absolute atomic E-state index is 6.49. The Labute approximate surface area is 292 Å². The second kappa shape index (κ2) is 11.7. The lowest BCUT2D eigenvalue weighted by atomic mass is 9.94. The highest BCUT2D eigenvalue weighted by molar-refractivity contribution is 7.26. The van der Waals surface area contributed by atoms with Crippen molar-refractivity contribution in [2.45, 2.75) is 0 Å². The van der Waals surface area contributed by atoms with E-state index in [0.29, 0.717) is 5.58 Å². The Bertz CT molecular complexity index is 2870. The lowest BCUT2D eigenvalue weighted by Crippen LogP contribution is -1.88. The largest absolute Gasteiger partial charge is 0.452 e. The second-order valence-electron chi connectivity index (χ2n) is 12.6. The van der Waals surface area contributed by atoms with E-state index in [0.717, 1.165) is 44.4 Å². The van der Waals surface area contributed by atoms with Crippen LogP contribution in [-0.2, 0) is 0 Å². The van der Waals surface area contributed by atoms with Crippen LogP contribution in [0.3, 0.4) is 0 Å². The molecule has 3 nitrogen and oxygen atoms in total. The number of hydrogen-bond acceptors (Lipinski definition) is 4. The molecule has 0 amide bonds. The summed E-state index contributed by atoms with van der Waals surface area (Å²) in [4.78, 5) is 9.46. The Hall–Kier alpha value is -6.36. The van der Waals surface area contributed by atoms with E-state index in [2.05, 4.69) is 158 Å². The molecule has 0 aliphatic rings. The van der Waals surface area contributed by atoms with Crippen LogP contribution in [0.4, 0.5) is 0 Å². The molecular weight excluding hydrogens is 629 g/mol. The summed E-state index contributed by atoms with van der Waals surface area (Å²) in [6.07, 6.45) is 1.65. The number of rotatable bonds is 5. The molecule has 0 aliphatic heterocycles. The molecule has 3 aromatic heterocycles. The zero-order valence-electron chi connectivity index (χ0n) is 26.9. The summed E-state index contributed by atoms with van der Waals surface area (Å²) in [7, 11) is 0. The summed E-state index contributed by atoms with van der Waals surface area (Å²) in [6.45, 7) is 0. The molecule has 0 aliphatic carbocycles. The Morgan fingerprint density at radius 2 is 1.06 bits per heavy atom. The monoisotopic (exact) mass is 656 g/mol. The first-order chi connectivity index (χ1) is 24.8. The summed E-state index contributed by atoms with van der Waals surface area (Å²) < 4.78 is 9.14. The molecule has 10 rings (SSSR count). The topological polar surface area (TPSA) is 38.9 Å². The summed E-state index contributed by atoms with van der Waals surface area (Å²) in [5.74, 6) is 0. The molecule has 0 N–H and O–H groups in total. The zero-order valence-corrected chi connectivity index (χ0v) is 27.7. The minimum Gasteiger partial charge on any atom is -0.452 e. The normalized spacial score (nSPS) is 11.6. The van der Waals surface area contributed by atoms with Crippen LogP contribution in [0.1, 0.15) is 0 Å². The van der Waals surface area contributed by atoms with Gasteiger partial charge in [-0.15, -0.1) is 11.3 Å². The fourth-order valence-corrected chi connectivity index (χ4v) is 8.45. The smallest absolute Gasteiger partial charge is 0.180 e. The fourth-order valence-electron chi connectivity index (χ4n) is 7.22. The minimum absolute atomic E-state index is 0.694. The summed E-state index contributed by atoms with van der Waals surface area (Å²) in [6, 6.07) is 58.1. The number of furan rings is 1. The number of thiophene rings is 1. The van der Waals surface area contributed by atoms with Crippen LogP contribution in [0.5, 0.6) is 0 Å². The molecule has 0 spiro atoms. The third-order valence-electron chi connectivity index (χ3n) is 9.64. The molecule has 4 heteroatoms. The molecule has 0 bridgehead atoms. The average Bonchev–Trinajstić information content (AvgIpc) is 3.77. The maximum Gasteiger partial charge on any atom is 0.180 e. The third-order valence-corrected chi connectivity index (χ3v) is 10.9. The van der Waals surface area contributed by atoms with Crippen LogP contribution >= 0.6 is 11.3 Å². The van der Waals surface area contributed by atoms with E-state index in [-0.39, 0.29) is 0 Å². The quantitative estimate of drug-likeness (QED) is 0.185. The summed E-state index contributed by atoms with van der Waals surface area (Å²) in [5, 5.41) is 3.61. The van der Waals surface area contributed by atoms with Gasteiger partial charge >= 0.3 is 0 Å². The van der Waals surface area contributed by atoms with Crippen LogP contribution in [-0.4, -0.2) is 9.97 Å². The molecule has 50 heavy (non-hydrogen) atoms. The van der Waals surface area contributed by atoms with E-state index in [4.69, 9.17) is 14.4 Å². The molecular formula is C46H28N2OS. The van der Waals surface area contributed by atoms with E-state index in [9.17, 15) is 0 Å². The Morgan fingerprint density at radius 1 is 0.420 bits per heavy atom. The molecule has 7 aromatic carbocycles. The lowest BCUT2D eigenvalue weighted by Gasteiger charge is -2.10. The standard InChI is InChI=1S/C46H28N2OS/c1-2-10-30(11-3-1)35-14-4-5-15-36(35)33-24-25-41-40(27-33)44-45(49-41)43(47-28-48-44)34-13-8-12-32(26-34)29-20-22-31(23-21-29)37-17-9-18-39-38-16-6-7-19-42(38)50-46(37)39/h1-28H. The highest BCUT2D eigenvalue weighted by Crippen LogP contribution is 2.41. The number of hydrogen-bond donors (Lipinski definition) is 0. The molecule has 0 fully saturated rings. The third kappa shape index (κ3) is 4.73. The fraction of sp³-hybridized carbons (Fsp3) is 0. The van der Waals surface area contributed by atoms with Gasteiger partial charge in [-0.25, -0.2) is 9.97 Å². The molecule has 0 atom stereocenters. The highest BCUT2D eigenvalue weighted by Gasteiger charge is 2.17. The molecule has 0 radical (unpaired) electrons. The van der Waals surface area contributed by atoms with E-state index >= 15 is 0 Å². The first-order valence-corrected chi connectivity index (χ1v) is 17.5. The molecule has 0 unspecified atom stereocenters. The predicted octanol–water partition coefficient (Wildman–Crippen LogP) is 13.1. The van der Waals surface area contributed by atoms with Crippen molar-refractivity contribution in [1.29, 1.82) is 0 Å². The number of aromatic nitrogens is 2. The van der Waals surface area contributed by atoms with Crippen LogP contribution in [0, 0.1) is 0 Å². The van der Waals surface area contributed by atoms with E-state index < -0.39 is 0 Å². The summed E-state index contributed by atoms with van der Waals surface area (Å²) in [5.41, 5.74) is 13.5. The van der Waals surface area contributed by atoms with Gasteiger partial charge in [-0.05, 0) is 68.8 Å². The zero-order chi connectivity index (χ0) is 33.0. The van der Waals surface area contributed by atoms with Gasteiger partial charge in [-0.2, -0.15) is 0 Å². The molecule has 0 saturated carbocycles. The van der Waals surface area contributed by atoms with Crippen molar-refractivity contribution in [2.75, 3.05) is 0 Å². The average molecular weight is 657 g/mol. The van der Waals surface area contributed by atoms with Gasteiger partial charge < -0.3 is 4.42 Å². The van der Waals surface area contributed by atoms with E-state index in [1.165, 1.54) is 48.0 Å². The van der Waals surface area contributed by atoms with Gasteiger partial charge in [0.05, 0.1) is 0 Å². The maximum atomic E-state index is 6.49. The Kier molecular flexibility index (Phi) is 6.68. The first kappa shape index (κ1) is 28.6. The van der Waals surface area contributed by atoms with Crippen molar-refractivity contribution >= 4 is 53.6 Å². The van der Waals surface area contributed by atoms with Gasteiger partial charge in [0.15, 0.2) is 5.58 Å². The van der Waals surface area contributed by atoms with E-state index in [1.54, 1.807) is 6.33 Å². The number of fused-ring (bicyclic) bond motifs is 6. The van der Waals surface area contributed by atoms with Gasteiger partial charge in [-0.3, -0.25) is 0 Å². The van der Waals surface area contributed by atoms with Gasteiger partial charge in [0.2, 0.25) is 0 Å². The predicted molar refractivity (Wildman–Crippen MR) is 209 cm³/mol. The van der Waals surface area contributed by atoms with Crippen molar-refractivity contribution in [1.82, 2.24) is 9.97 Å². The van der Waals surface area contributed by atoms with Crippen molar-refractivity contribution in [3.05, 3.63) is 170 Å². The SMILES string of the molecule is c1ccc(-c2ccccc2-c2ccc3oc4c(-c5cccc(-c6ccc(-c7cccc8c7sc7ccccc78)cc6)c5)ncnc4c3c2)cc1. The van der Waals surface area contributed by atoms with Gasteiger partial charge in [0, 0.05) is 31.1 Å². The number of nitrogens with zero attached hydrogens (tertiary/aromatic N) is 2. The van der Waals surface area contributed by atoms with Gasteiger partial charge in [0.25, 0.3) is 0 Å². The van der Waals surface area contributed by atoms with Gasteiger partial charge in [0.1, 0.15) is 23.1 Å². The van der Waals surface area contributed by atoms with Crippen molar-refractivity contribution < 1.29 is 4.42 Å². The summed E-state index contributed by atoms with van der Waals surface area (Å²) >= 11 is 1.86. The van der Waals surface area contributed by atoms with Crippen LogP contribution in [0.15, 0.2) is 175 Å². The van der Waals surface area contributed by atoms with Crippen molar-refractivity contribution in [3.63, 3.8) is 0 Å². The Balaban J connectivity index is 1.01. The highest BCUT2D eigenvalue weighted by atomic mass is 32.1. The first-order valence-electron chi connectivity index (χ1n) is 16.7. The van der Waals surface area contributed by atoms with Crippen molar-refractivity contribution in [3.8, 4) is 55.8 Å². The minimum atomic E-state index is 0.694. The molecule has 234 valence electrons. The molecule has 3 heterocycles. The molecule has 0 saturated heterocycles. The van der Waals surface area contributed by atoms with Crippen LogP contribution in [0.25, 0.3) is 98.0 Å². The van der Waals surface area contributed by atoms with Crippen LogP contribution < -0.4 is 0 Å². The van der Waals surface area contributed by atoms with Crippen molar-refractivity contribution in [2.24, 2.45) is 0 Å².